The van der Waals surface area contributed by atoms with Crippen LogP contribution in [0.15, 0.2) is 41.9 Å². The first-order valence-corrected chi connectivity index (χ1v) is 7.98. The smallest absolute Gasteiger partial charge is 0.378 e. The lowest BCUT2D eigenvalue weighted by Gasteiger charge is -2.22. The van der Waals surface area contributed by atoms with Gasteiger partial charge >= 0.3 is 11.9 Å². The fourth-order valence-corrected chi connectivity index (χ4v) is 2.68. The molecule has 0 saturated carbocycles. The minimum absolute atomic E-state index is 0.148. The van der Waals surface area contributed by atoms with E-state index in [1.54, 1.807) is 13.8 Å². The average Bonchev–Trinajstić information content (AvgIpc) is 3.06. The van der Waals surface area contributed by atoms with Crippen molar-refractivity contribution in [3.63, 3.8) is 0 Å². The molecule has 0 bridgehead atoms. The maximum atomic E-state index is 12.1. The Labute approximate surface area is 145 Å². The van der Waals surface area contributed by atoms with Crippen molar-refractivity contribution in [3.8, 4) is 0 Å². The van der Waals surface area contributed by atoms with Crippen LogP contribution in [0, 0.1) is 0 Å². The van der Waals surface area contributed by atoms with Gasteiger partial charge in [0.25, 0.3) is 5.76 Å². The van der Waals surface area contributed by atoms with Crippen molar-refractivity contribution in [1.82, 2.24) is 0 Å². The summed E-state index contributed by atoms with van der Waals surface area (Å²) in [7, 11) is 0. The number of esters is 2. The molecule has 7 nitrogen and oxygen atoms in total. The van der Waals surface area contributed by atoms with Crippen molar-refractivity contribution in [1.29, 1.82) is 0 Å². The monoisotopic (exact) mass is 348 g/mol. The van der Waals surface area contributed by atoms with Crippen LogP contribution < -0.4 is 0 Å². The van der Waals surface area contributed by atoms with Gasteiger partial charge in [0, 0.05) is 6.92 Å². The Hall–Kier alpha value is -2.38. The number of carbonyl (C=O) groups is 2. The van der Waals surface area contributed by atoms with Gasteiger partial charge in [0.15, 0.2) is 17.7 Å². The lowest BCUT2D eigenvalue weighted by Crippen LogP contribution is -2.33. The topological polar surface area (TPSA) is 80.3 Å². The van der Waals surface area contributed by atoms with Gasteiger partial charge in [-0.3, -0.25) is 4.79 Å². The molecule has 1 saturated heterocycles. The maximum absolute atomic E-state index is 12.1. The number of hydrogen-bond acceptors (Lipinski definition) is 7. The van der Waals surface area contributed by atoms with Crippen LogP contribution in [-0.2, 0) is 39.9 Å². The van der Waals surface area contributed by atoms with Crippen LogP contribution in [0.5, 0.6) is 0 Å². The summed E-state index contributed by atoms with van der Waals surface area (Å²) in [6, 6.07) is 9.42. The summed E-state index contributed by atoms with van der Waals surface area (Å²) in [6.07, 6.45) is -1.37. The number of hydrogen-bond donors (Lipinski definition) is 0. The Morgan fingerprint density at radius 3 is 2.60 bits per heavy atom. The van der Waals surface area contributed by atoms with Crippen molar-refractivity contribution in [2.45, 2.75) is 45.4 Å². The van der Waals surface area contributed by atoms with Gasteiger partial charge in [-0.1, -0.05) is 30.3 Å². The van der Waals surface area contributed by atoms with Crippen molar-refractivity contribution >= 4 is 11.9 Å². The van der Waals surface area contributed by atoms with E-state index in [2.05, 4.69) is 0 Å². The third kappa shape index (κ3) is 4.00. The molecule has 0 amide bonds. The van der Waals surface area contributed by atoms with Gasteiger partial charge in [0.05, 0.1) is 6.61 Å². The summed E-state index contributed by atoms with van der Waals surface area (Å²) in [4.78, 5) is 23.4. The molecule has 3 rings (SSSR count). The van der Waals surface area contributed by atoms with Crippen LogP contribution in [-0.4, -0.2) is 36.5 Å². The molecule has 0 aliphatic carbocycles. The predicted molar refractivity (Wildman–Crippen MR) is 84.8 cm³/mol. The number of ether oxygens (including phenoxy) is 5. The largest absolute Gasteiger partial charge is 0.485 e. The Kier molecular flexibility index (Phi) is 4.78. The Morgan fingerprint density at radius 2 is 2.00 bits per heavy atom. The molecular formula is C18H20O7. The van der Waals surface area contributed by atoms with Crippen LogP contribution in [0.25, 0.3) is 0 Å². The standard InChI is InChI=1S/C18H20O7/c1-11(19)23-16-15(21-9-12-7-5-4-6-8-12)14(24-17(16)20)13-10-22-18(2,3)25-13/h4-8,13-14H,9-10H2,1-3H3/t13-,14+/m0/s1. The van der Waals surface area contributed by atoms with E-state index in [0.717, 1.165) is 5.56 Å². The third-order valence-corrected chi connectivity index (χ3v) is 3.75. The first-order valence-electron chi connectivity index (χ1n) is 7.98. The molecule has 0 spiro atoms. The SMILES string of the molecule is CC(=O)OC1=C(OCc2ccccc2)[C@@H]([C@@H]2COC(C)(C)O2)OC1=O. The van der Waals surface area contributed by atoms with E-state index in [0.29, 0.717) is 0 Å². The highest BCUT2D eigenvalue weighted by molar-refractivity contribution is 5.92. The van der Waals surface area contributed by atoms with E-state index in [1.165, 1.54) is 6.92 Å². The van der Waals surface area contributed by atoms with Gasteiger partial charge in [-0.05, 0) is 19.4 Å². The summed E-state index contributed by atoms with van der Waals surface area (Å²) < 4.78 is 27.4. The van der Waals surface area contributed by atoms with Crippen LogP contribution in [0.4, 0.5) is 0 Å². The minimum atomic E-state index is -0.827. The second-order valence-corrected chi connectivity index (χ2v) is 6.25. The molecule has 0 aromatic heterocycles. The predicted octanol–water partition coefficient (Wildman–Crippen LogP) is 2.05. The molecule has 2 heterocycles. The van der Waals surface area contributed by atoms with Gasteiger partial charge in [0.2, 0.25) is 0 Å². The molecule has 2 aliphatic rings. The number of cyclic esters (lactones) is 1. The molecule has 1 aromatic rings. The fourth-order valence-electron chi connectivity index (χ4n) is 2.68. The zero-order chi connectivity index (χ0) is 18.0. The molecular weight excluding hydrogens is 328 g/mol. The molecule has 7 heteroatoms. The molecule has 0 radical (unpaired) electrons. The highest BCUT2D eigenvalue weighted by atomic mass is 16.8. The zero-order valence-electron chi connectivity index (χ0n) is 14.3. The second kappa shape index (κ2) is 6.85. The van der Waals surface area contributed by atoms with Crippen LogP contribution in [0.2, 0.25) is 0 Å². The van der Waals surface area contributed by atoms with Crippen molar-refractivity contribution in [2.24, 2.45) is 0 Å². The van der Waals surface area contributed by atoms with E-state index in [4.69, 9.17) is 23.7 Å². The molecule has 0 N–H and O–H groups in total. The van der Waals surface area contributed by atoms with Crippen LogP contribution in [0.1, 0.15) is 26.3 Å². The van der Waals surface area contributed by atoms with E-state index in [9.17, 15) is 9.59 Å². The van der Waals surface area contributed by atoms with Crippen molar-refractivity contribution in [3.05, 3.63) is 47.4 Å². The van der Waals surface area contributed by atoms with Gasteiger partial charge in [-0.25, -0.2) is 4.79 Å². The fraction of sp³-hybridized carbons (Fsp3) is 0.444. The summed E-state index contributed by atoms with van der Waals surface area (Å²) in [6.45, 7) is 5.18. The number of rotatable bonds is 5. The zero-order valence-corrected chi connectivity index (χ0v) is 14.3. The van der Waals surface area contributed by atoms with Gasteiger partial charge < -0.3 is 23.7 Å². The van der Waals surface area contributed by atoms with Crippen molar-refractivity contribution < 1.29 is 33.3 Å². The molecule has 134 valence electrons. The highest BCUT2D eigenvalue weighted by Crippen LogP contribution is 2.34. The molecule has 0 unspecified atom stereocenters. The lowest BCUT2D eigenvalue weighted by atomic mass is 10.1. The van der Waals surface area contributed by atoms with Crippen molar-refractivity contribution in [2.75, 3.05) is 6.61 Å². The molecule has 1 fully saturated rings. The molecule has 2 aliphatic heterocycles. The van der Waals surface area contributed by atoms with Gasteiger partial charge in [-0.15, -0.1) is 0 Å². The summed E-state index contributed by atoms with van der Waals surface area (Å²) in [5.74, 6) is -2.25. The number of benzene rings is 1. The molecule has 1 aromatic carbocycles. The van der Waals surface area contributed by atoms with E-state index in [-0.39, 0.29) is 24.7 Å². The minimum Gasteiger partial charge on any atom is -0.485 e. The second-order valence-electron chi connectivity index (χ2n) is 6.25. The maximum Gasteiger partial charge on any atom is 0.378 e. The van der Waals surface area contributed by atoms with Crippen LogP contribution in [0.3, 0.4) is 0 Å². The van der Waals surface area contributed by atoms with Gasteiger partial charge in [0.1, 0.15) is 12.7 Å². The Morgan fingerprint density at radius 1 is 1.28 bits per heavy atom. The van der Waals surface area contributed by atoms with E-state index < -0.39 is 29.9 Å². The van der Waals surface area contributed by atoms with E-state index in [1.807, 2.05) is 30.3 Å². The average molecular weight is 348 g/mol. The third-order valence-electron chi connectivity index (χ3n) is 3.75. The van der Waals surface area contributed by atoms with E-state index >= 15 is 0 Å². The lowest BCUT2D eigenvalue weighted by molar-refractivity contribution is -0.164. The molecule has 2 atom stereocenters. The normalized spacial score (nSPS) is 25.0. The highest BCUT2D eigenvalue weighted by Gasteiger charge is 2.48. The number of carbonyl (C=O) groups excluding carboxylic acids is 2. The summed E-state index contributed by atoms with van der Waals surface area (Å²) in [5, 5.41) is 0. The Balaban J connectivity index is 1.83. The Bertz CT molecular complexity index is 693. The van der Waals surface area contributed by atoms with Gasteiger partial charge in [-0.2, -0.15) is 0 Å². The van der Waals surface area contributed by atoms with Crippen LogP contribution >= 0.6 is 0 Å². The first-order chi connectivity index (χ1) is 11.9. The quantitative estimate of drug-likeness (QED) is 0.753. The summed E-state index contributed by atoms with van der Waals surface area (Å²) in [5.41, 5.74) is 0.902. The molecule has 25 heavy (non-hydrogen) atoms. The first kappa shape index (κ1) is 17.4. The summed E-state index contributed by atoms with van der Waals surface area (Å²) >= 11 is 0.